The van der Waals surface area contributed by atoms with Crippen molar-refractivity contribution in [2.75, 3.05) is 100 Å². The van der Waals surface area contributed by atoms with Crippen LogP contribution in [0.25, 0.3) is 89.2 Å². The summed E-state index contributed by atoms with van der Waals surface area (Å²) in [6.07, 6.45) is 9.06. The molecule has 0 radical (unpaired) electrons. The number of phenolic OH excluding ortho intramolecular Hbond substituents is 3. The minimum absolute atomic E-state index is 0.0115. The molecule has 2 atom stereocenters. The highest BCUT2D eigenvalue weighted by atomic mass is 32.2. The van der Waals surface area contributed by atoms with Gasteiger partial charge in [-0.15, -0.1) is 11.8 Å². The summed E-state index contributed by atoms with van der Waals surface area (Å²) < 4.78 is 95.1. The number of aromatic hydroxyl groups is 3. The van der Waals surface area contributed by atoms with E-state index in [-0.39, 0.29) is 98.4 Å². The molecule has 0 aliphatic carbocycles. The molecule has 3 N–H and O–H groups in total. The summed E-state index contributed by atoms with van der Waals surface area (Å²) in [5.74, 6) is -6.65. The zero-order valence-corrected chi connectivity index (χ0v) is 74.1. The van der Waals surface area contributed by atoms with E-state index in [1.165, 1.54) is 92.6 Å². The summed E-state index contributed by atoms with van der Waals surface area (Å²) >= 11 is 1.40. The van der Waals surface area contributed by atoms with Gasteiger partial charge in [-0.1, -0.05) is 79.5 Å². The Morgan fingerprint density at radius 1 is 0.477 bits per heavy atom. The van der Waals surface area contributed by atoms with Gasteiger partial charge in [0.25, 0.3) is 5.91 Å². The van der Waals surface area contributed by atoms with Crippen molar-refractivity contribution < 1.29 is 60.8 Å². The summed E-state index contributed by atoms with van der Waals surface area (Å²) in [4.78, 5) is 127. The number of hydrogen-bond acceptors (Lipinski definition) is 21. The van der Waals surface area contributed by atoms with E-state index in [4.69, 9.17) is 9.97 Å². The van der Waals surface area contributed by atoms with E-state index in [1.54, 1.807) is 66.3 Å². The predicted octanol–water partition coefficient (Wildman–Crippen LogP) is 15.6. The number of rotatable bonds is 17. The van der Waals surface area contributed by atoms with Gasteiger partial charge >= 0.3 is 11.4 Å². The molecule has 26 nitrogen and oxygen atoms in total. The number of carbonyl (C=O) groups excluding carboxylic acids is 4. The van der Waals surface area contributed by atoms with Crippen LogP contribution in [0, 0.1) is 55.7 Å². The monoisotopic (exact) mass is 1770 g/mol. The third-order valence-corrected chi connectivity index (χ3v) is 23.7. The fourth-order valence-corrected chi connectivity index (χ4v) is 17.3. The molecule has 664 valence electrons. The first-order valence-electron chi connectivity index (χ1n) is 41.5. The average molecular weight is 1770 g/mol. The van der Waals surface area contributed by atoms with Gasteiger partial charge in [0.05, 0.1) is 55.7 Å². The Morgan fingerprint density at radius 3 is 1.34 bits per heavy atom. The van der Waals surface area contributed by atoms with Crippen molar-refractivity contribution in [3.63, 3.8) is 0 Å². The third-order valence-electron chi connectivity index (χ3n) is 22.9. The number of fused-ring (bicyclic) bond motifs is 3. The molecule has 0 saturated carbocycles. The van der Waals surface area contributed by atoms with E-state index < -0.39 is 86.0 Å². The lowest BCUT2D eigenvalue weighted by molar-refractivity contribution is -0.127. The van der Waals surface area contributed by atoms with Crippen molar-refractivity contribution in [2.45, 2.75) is 111 Å². The van der Waals surface area contributed by atoms with Crippen molar-refractivity contribution in [3.8, 4) is 73.5 Å². The Hall–Kier alpha value is -13.9. The summed E-state index contributed by atoms with van der Waals surface area (Å²) in [5, 5.41) is 32.3. The first-order valence-corrected chi connectivity index (χ1v) is 42.7. The highest BCUT2D eigenvalue weighted by Gasteiger charge is 2.37. The number of aromatic nitrogens is 10. The Kier molecular flexibility index (Phi) is 27.1. The van der Waals surface area contributed by atoms with E-state index in [0.717, 1.165) is 46.0 Å². The van der Waals surface area contributed by atoms with Gasteiger partial charge in [0, 0.05) is 137 Å². The number of amides is 4. The fraction of sp³-hybridized carbons (Fsp3) is 0.305. The van der Waals surface area contributed by atoms with Gasteiger partial charge in [-0.25, -0.2) is 65.0 Å². The second-order valence-corrected chi connectivity index (χ2v) is 33.5. The Labute approximate surface area is 738 Å². The number of anilines is 3. The van der Waals surface area contributed by atoms with Gasteiger partial charge in [-0.3, -0.25) is 29.1 Å². The van der Waals surface area contributed by atoms with E-state index in [1.807, 2.05) is 96.3 Å². The number of hydrogen-bond donors (Lipinski definition) is 3. The minimum Gasteiger partial charge on any atom is -0.507 e. The summed E-state index contributed by atoms with van der Waals surface area (Å²) in [7, 11) is 3.29. The highest BCUT2D eigenvalue weighted by molar-refractivity contribution is 7.98. The summed E-state index contributed by atoms with van der Waals surface area (Å²) in [6.45, 7) is 35.6. The van der Waals surface area contributed by atoms with Crippen LogP contribution in [-0.4, -0.2) is 205 Å². The molecule has 12 aromatic rings. The normalized spacial score (nSPS) is 14.8. The first-order chi connectivity index (χ1) is 60.9. The minimum atomic E-state index is -0.929. The Morgan fingerprint density at radius 2 is 0.906 bits per heavy atom. The smallest absolute Gasteiger partial charge is 0.355 e. The molecule has 0 bridgehead atoms. The van der Waals surface area contributed by atoms with Crippen LogP contribution in [0.1, 0.15) is 117 Å². The van der Waals surface area contributed by atoms with Crippen molar-refractivity contribution >= 4 is 85.8 Å². The van der Waals surface area contributed by atoms with Crippen LogP contribution in [0.2, 0.25) is 0 Å². The van der Waals surface area contributed by atoms with Gasteiger partial charge in [-0.05, 0) is 172 Å². The Bertz CT molecular complexity index is 6560. The van der Waals surface area contributed by atoms with E-state index in [9.17, 15) is 52.9 Å². The number of benzene rings is 4. The van der Waals surface area contributed by atoms with Crippen LogP contribution >= 0.6 is 11.8 Å². The fourth-order valence-electron chi connectivity index (χ4n) is 16.7. The Balaban J connectivity index is 0.000000164. The molecule has 3 aliphatic heterocycles. The molecule has 4 amide bonds. The average Bonchev–Trinajstić information content (AvgIpc) is 0.724. The summed E-state index contributed by atoms with van der Waals surface area (Å²) in [6, 6.07) is 21.2. The lowest BCUT2D eigenvalue weighted by Crippen LogP contribution is -2.54. The first kappa shape index (κ1) is 91.8. The number of thioether (sulfide) groups is 1. The topological polar surface area (TPSA) is 299 Å². The van der Waals surface area contributed by atoms with Crippen LogP contribution in [0.4, 0.5) is 43.8 Å². The van der Waals surface area contributed by atoms with Gasteiger partial charge in [-0.2, -0.15) is 9.97 Å². The zero-order chi connectivity index (χ0) is 92.6. The molecule has 11 heterocycles. The SMILES string of the molecule is C=CC(=O)N1CCN(c2nc(=O)n(-c3c(C)cc(C(=O)N(C)C)cc3C(C)C)c3nc(-c4c(O)cccc4F)c(F)cc23)[C@@H](C)C1.C=CC(=O)N1CCN(c2nc(=O)n(-c3c(SC)ccnc3C(C)C)c3nc(-c4c(O)cccc4F)c(F)cc23)[C@@H](C)C1.C=CC(=O)N1CCN(c2nc(C)c(-c3c(C)ccnc3C(C)C)c3nc(-c4c(O)cccc4F)c(F)cc23)CC1. The largest absolute Gasteiger partial charge is 0.507 e. The molecule has 33 heteroatoms. The lowest BCUT2D eigenvalue weighted by atomic mass is 9.91. The van der Waals surface area contributed by atoms with E-state index in [0.29, 0.717) is 127 Å². The van der Waals surface area contributed by atoms with Gasteiger partial charge < -0.3 is 49.6 Å². The van der Waals surface area contributed by atoms with Crippen molar-refractivity contribution in [1.82, 2.24) is 68.6 Å². The number of aryl methyl sites for hydroxylation is 3. The third kappa shape index (κ3) is 17.7. The quantitative estimate of drug-likeness (QED) is 0.0433. The molecular formula is C95H97F6N17O9S. The standard InChI is InChI=1S/C34H36F2N6O4.C31H31F2N5O2.C30H30F2N6O3S/c1-8-27(44)40-12-13-41(20(5)17-40)31-23-16-25(36)29(28-24(35)10-9-11-26(28)43)37-32(23)42(34(46)38-31)30-19(4)14-21(33(45)39(6)7)15-22(30)18(2)3;1-6-24(40)37-12-14-38(15-13-37)31-20-16-22(33)30(27-21(32)8-7-9-23(27)39)36-29(20)26(19(5)35-31)25-18(4)10-11-34-28(25)17(2)3;1-6-23(40)36-12-13-37(17(4)15-36)28-18-14-20(32)26(24-19(31)8-7-9-21(24)39)34-29(18)38(30(41)35-28)27-22(42-5)10-11-33-25(27)16(2)3/h8-11,14-16,18,20,43H,1,12-13,17H2,2-7H3;6-11,16-17,39H,1,12-15H2,2-5H3;6-11,14,16-17,39H,1,12-13,15H2,2-5H3/t20-;;17-/m0.0/s1. The van der Waals surface area contributed by atoms with Crippen LogP contribution in [-0.2, 0) is 14.4 Å². The van der Waals surface area contributed by atoms with Gasteiger partial charge in [0.2, 0.25) is 17.7 Å². The number of halogens is 6. The molecule has 4 aromatic carbocycles. The van der Waals surface area contributed by atoms with Crippen molar-refractivity contribution in [1.29, 1.82) is 0 Å². The second-order valence-electron chi connectivity index (χ2n) is 32.6. The maximum absolute atomic E-state index is 16.0. The number of nitrogens with zero attached hydrogens (tertiary/aromatic N) is 17. The zero-order valence-electron chi connectivity index (χ0n) is 73.3. The van der Waals surface area contributed by atoms with Gasteiger partial charge in [0.1, 0.15) is 69.2 Å². The highest BCUT2D eigenvalue weighted by Crippen LogP contribution is 2.45. The maximum Gasteiger partial charge on any atom is 0.355 e. The number of piperazine rings is 3. The molecule has 128 heavy (non-hydrogen) atoms. The predicted molar refractivity (Wildman–Crippen MR) is 484 cm³/mol. The van der Waals surface area contributed by atoms with Gasteiger partial charge in [0.15, 0.2) is 28.7 Å². The van der Waals surface area contributed by atoms with Crippen molar-refractivity contribution in [2.24, 2.45) is 0 Å². The van der Waals surface area contributed by atoms with E-state index >= 15 is 17.6 Å². The molecule has 0 spiro atoms. The van der Waals surface area contributed by atoms with Crippen LogP contribution in [0.3, 0.4) is 0 Å². The van der Waals surface area contributed by atoms with Crippen LogP contribution in [0.15, 0.2) is 162 Å². The number of pyridine rings is 6. The second kappa shape index (κ2) is 37.8. The summed E-state index contributed by atoms with van der Waals surface area (Å²) in [5.41, 5.74) is 3.79. The molecular weight excluding hydrogens is 1670 g/mol. The molecule has 3 fully saturated rings. The van der Waals surface area contributed by atoms with Crippen LogP contribution in [0.5, 0.6) is 17.2 Å². The van der Waals surface area contributed by atoms with Crippen molar-refractivity contribution in [3.05, 3.63) is 243 Å². The number of phenols is 3. The van der Waals surface area contributed by atoms with E-state index in [2.05, 4.69) is 49.6 Å². The maximum atomic E-state index is 16.0. The number of carbonyl (C=O) groups is 4. The molecule has 3 aliphatic rings. The molecule has 3 saturated heterocycles. The molecule has 0 unspecified atom stereocenters. The molecule has 15 rings (SSSR count). The van der Waals surface area contributed by atoms with Crippen LogP contribution < -0.4 is 26.1 Å². The lowest BCUT2D eigenvalue weighted by Gasteiger charge is -2.40. The molecule has 8 aromatic heterocycles.